The van der Waals surface area contributed by atoms with Crippen LogP contribution in [0.5, 0.6) is 11.5 Å². The number of nitrogens with zero attached hydrogens (tertiary/aromatic N) is 1. The molecule has 0 heterocycles. The summed E-state index contributed by atoms with van der Waals surface area (Å²) in [6.07, 6.45) is 0.308. The molecule has 0 amide bonds. The number of carbonyl (C=O) groups is 2. The Hall–Kier alpha value is -3.64. The van der Waals surface area contributed by atoms with E-state index in [9.17, 15) is 9.59 Å². The Balaban J connectivity index is 1.80. The predicted octanol–water partition coefficient (Wildman–Crippen LogP) is 4.45. The van der Waals surface area contributed by atoms with Crippen molar-refractivity contribution in [1.82, 2.24) is 4.90 Å². The topological polar surface area (TPSA) is 76.1 Å². The summed E-state index contributed by atoms with van der Waals surface area (Å²) in [7, 11) is 3.31. The van der Waals surface area contributed by atoms with E-state index in [0.29, 0.717) is 35.6 Å². The van der Waals surface area contributed by atoms with Gasteiger partial charge in [-0.3, -0.25) is 14.5 Å². The average molecular weight is 434 g/mol. The number of hydrogen-bond acceptors (Lipinski definition) is 5. The monoisotopic (exact) mass is 433 g/mol. The van der Waals surface area contributed by atoms with Gasteiger partial charge in [0, 0.05) is 18.5 Å². The van der Waals surface area contributed by atoms with Gasteiger partial charge in [-0.15, -0.1) is 0 Å². The number of aliphatic carboxylic acids is 1. The van der Waals surface area contributed by atoms with Gasteiger partial charge in [-0.2, -0.15) is 0 Å². The molecule has 0 aliphatic carbocycles. The lowest BCUT2D eigenvalue weighted by molar-refractivity contribution is -0.138. The number of carboxylic acids is 1. The van der Waals surface area contributed by atoms with E-state index in [0.717, 1.165) is 5.56 Å². The van der Waals surface area contributed by atoms with Crippen molar-refractivity contribution in [1.29, 1.82) is 0 Å². The van der Waals surface area contributed by atoms with Crippen LogP contribution >= 0.6 is 0 Å². The average Bonchev–Trinajstić information content (AvgIpc) is 2.81. The number of carboxylic acid groups (broad SMARTS) is 1. The molecular formula is C26H27NO5. The third-order valence-electron chi connectivity index (χ3n) is 5.08. The largest absolute Gasteiger partial charge is 0.496 e. The minimum absolute atomic E-state index is 0.0373. The minimum Gasteiger partial charge on any atom is -0.496 e. The summed E-state index contributed by atoms with van der Waals surface area (Å²) >= 11 is 0. The Kier molecular flexibility index (Phi) is 8.00. The van der Waals surface area contributed by atoms with Gasteiger partial charge in [-0.25, -0.2) is 0 Å². The molecule has 3 rings (SSSR count). The molecule has 1 unspecified atom stereocenters. The van der Waals surface area contributed by atoms with Gasteiger partial charge in [0.1, 0.15) is 17.6 Å². The first kappa shape index (κ1) is 23.0. The van der Waals surface area contributed by atoms with Crippen LogP contribution < -0.4 is 9.47 Å². The molecule has 3 aromatic rings. The first-order valence-corrected chi connectivity index (χ1v) is 10.4. The third-order valence-corrected chi connectivity index (χ3v) is 5.08. The second-order valence-electron chi connectivity index (χ2n) is 7.49. The fraction of sp³-hybridized carbons (Fsp3) is 0.231. The molecule has 0 fully saturated rings. The molecule has 6 nitrogen and oxygen atoms in total. The number of para-hydroxylation sites is 1. The number of methoxy groups -OCH3 is 1. The molecule has 32 heavy (non-hydrogen) atoms. The third kappa shape index (κ3) is 6.18. The molecule has 0 bridgehead atoms. The molecule has 0 aliphatic rings. The molecule has 3 aromatic carbocycles. The zero-order chi connectivity index (χ0) is 22.9. The Morgan fingerprint density at radius 2 is 1.69 bits per heavy atom. The quantitative estimate of drug-likeness (QED) is 0.450. The van der Waals surface area contributed by atoms with Gasteiger partial charge in [-0.05, 0) is 36.9 Å². The van der Waals surface area contributed by atoms with Gasteiger partial charge in [0.2, 0.25) is 0 Å². The van der Waals surface area contributed by atoms with Crippen LogP contribution in [-0.4, -0.2) is 49.0 Å². The molecule has 166 valence electrons. The van der Waals surface area contributed by atoms with Crippen LogP contribution in [0.4, 0.5) is 0 Å². The van der Waals surface area contributed by atoms with Gasteiger partial charge in [0.25, 0.3) is 0 Å². The molecule has 0 radical (unpaired) electrons. The normalized spacial score (nSPS) is 11.7. The summed E-state index contributed by atoms with van der Waals surface area (Å²) in [5, 5.41) is 9.00. The van der Waals surface area contributed by atoms with Crippen LogP contribution in [-0.2, 0) is 4.79 Å². The van der Waals surface area contributed by atoms with Crippen LogP contribution in [0, 0.1) is 0 Å². The SMILES string of the molecule is COc1ccccc1C(=O)c1cccc(OC(CCN(C)CC(=O)O)c2ccccc2)c1. The number of ether oxygens (including phenoxy) is 2. The lowest BCUT2D eigenvalue weighted by Gasteiger charge is -2.23. The second-order valence-corrected chi connectivity index (χ2v) is 7.49. The Bertz CT molecular complexity index is 1050. The van der Waals surface area contributed by atoms with Gasteiger partial charge < -0.3 is 14.6 Å². The highest BCUT2D eigenvalue weighted by atomic mass is 16.5. The van der Waals surface area contributed by atoms with Crippen molar-refractivity contribution in [3.05, 3.63) is 95.6 Å². The summed E-state index contributed by atoms with van der Waals surface area (Å²) in [5.41, 5.74) is 1.97. The maximum Gasteiger partial charge on any atom is 0.317 e. The highest BCUT2D eigenvalue weighted by Crippen LogP contribution is 2.28. The van der Waals surface area contributed by atoms with Crippen molar-refractivity contribution in [3.63, 3.8) is 0 Å². The van der Waals surface area contributed by atoms with E-state index in [-0.39, 0.29) is 18.4 Å². The first-order valence-electron chi connectivity index (χ1n) is 10.4. The molecule has 6 heteroatoms. The molecular weight excluding hydrogens is 406 g/mol. The van der Waals surface area contributed by atoms with Crippen molar-refractivity contribution in [2.45, 2.75) is 12.5 Å². The van der Waals surface area contributed by atoms with Crippen molar-refractivity contribution < 1.29 is 24.2 Å². The van der Waals surface area contributed by atoms with Crippen LogP contribution in [0.15, 0.2) is 78.9 Å². The van der Waals surface area contributed by atoms with E-state index in [4.69, 9.17) is 14.6 Å². The number of carbonyl (C=O) groups excluding carboxylic acids is 1. The van der Waals surface area contributed by atoms with Gasteiger partial charge in [0.05, 0.1) is 19.2 Å². The van der Waals surface area contributed by atoms with Crippen LogP contribution in [0.25, 0.3) is 0 Å². The maximum atomic E-state index is 13.1. The molecule has 0 spiro atoms. The van der Waals surface area contributed by atoms with Gasteiger partial charge in [0.15, 0.2) is 5.78 Å². The van der Waals surface area contributed by atoms with E-state index in [1.807, 2.05) is 42.5 Å². The summed E-state index contributed by atoms with van der Waals surface area (Å²) in [6.45, 7) is 0.510. The number of likely N-dealkylation sites (N-methyl/N-ethyl adjacent to an activating group) is 1. The number of benzene rings is 3. The Labute approximate surface area is 188 Å². The van der Waals surface area contributed by atoms with E-state index in [1.54, 1.807) is 48.3 Å². The van der Waals surface area contributed by atoms with E-state index in [2.05, 4.69) is 0 Å². The van der Waals surface area contributed by atoms with Gasteiger partial charge >= 0.3 is 5.97 Å². The highest BCUT2D eigenvalue weighted by Gasteiger charge is 2.18. The number of hydrogen-bond donors (Lipinski definition) is 1. The Morgan fingerprint density at radius 1 is 0.969 bits per heavy atom. The van der Waals surface area contributed by atoms with E-state index in [1.165, 1.54) is 7.11 Å². The van der Waals surface area contributed by atoms with Gasteiger partial charge in [-0.1, -0.05) is 54.6 Å². The second kappa shape index (κ2) is 11.1. The van der Waals surface area contributed by atoms with E-state index < -0.39 is 5.97 Å². The molecule has 0 aromatic heterocycles. The van der Waals surface area contributed by atoms with Crippen molar-refractivity contribution in [2.24, 2.45) is 0 Å². The number of rotatable bonds is 11. The molecule has 1 atom stereocenters. The zero-order valence-corrected chi connectivity index (χ0v) is 18.2. The van der Waals surface area contributed by atoms with Crippen LogP contribution in [0.2, 0.25) is 0 Å². The van der Waals surface area contributed by atoms with Crippen molar-refractivity contribution in [2.75, 3.05) is 27.2 Å². The zero-order valence-electron chi connectivity index (χ0n) is 18.2. The fourth-order valence-electron chi connectivity index (χ4n) is 3.47. The molecule has 0 saturated carbocycles. The van der Waals surface area contributed by atoms with Crippen LogP contribution in [0.3, 0.4) is 0 Å². The smallest absolute Gasteiger partial charge is 0.317 e. The summed E-state index contributed by atoms with van der Waals surface area (Å²) < 4.78 is 11.6. The van der Waals surface area contributed by atoms with Crippen LogP contribution in [0.1, 0.15) is 34.0 Å². The molecule has 0 saturated heterocycles. The first-order chi connectivity index (χ1) is 15.5. The minimum atomic E-state index is -0.868. The molecule has 1 N–H and O–H groups in total. The summed E-state index contributed by atoms with van der Waals surface area (Å²) in [4.78, 5) is 25.8. The lowest BCUT2D eigenvalue weighted by Crippen LogP contribution is -2.28. The number of ketones is 1. The standard InChI is InChI=1S/C26H27NO5/c1-27(18-25(28)29)16-15-23(19-9-4-3-5-10-19)32-21-12-8-11-20(17-21)26(30)22-13-6-7-14-24(22)31-2/h3-14,17,23H,15-16,18H2,1-2H3,(H,28,29). The fourth-order valence-corrected chi connectivity index (χ4v) is 3.47. The van der Waals surface area contributed by atoms with Crippen molar-refractivity contribution >= 4 is 11.8 Å². The Morgan fingerprint density at radius 3 is 2.41 bits per heavy atom. The predicted molar refractivity (Wildman–Crippen MR) is 122 cm³/mol. The van der Waals surface area contributed by atoms with Crippen molar-refractivity contribution in [3.8, 4) is 11.5 Å². The highest BCUT2D eigenvalue weighted by molar-refractivity contribution is 6.10. The van der Waals surface area contributed by atoms with E-state index >= 15 is 0 Å². The molecule has 0 aliphatic heterocycles. The summed E-state index contributed by atoms with van der Waals surface area (Å²) in [6, 6.07) is 24.0. The summed E-state index contributed by atoms with van der Waals surface area (Å²) in [5.74, 6) is 0.0746. The lowest BCUT2D eigenvalue weighted by atomic mass is 10.0. The maximum absolute atomic E-state index is 13.1.